The third-order valence-electron chi connectivity index (χ3n) is 7.26. The highest BCUT2D eigenvalue weighted by Gasteiger charge is 2.69. The quantitative estimate of drug-likeness (QED) is 0.0701. The summed E-state index contributed by atoms with van der Waals surface area (Å²) < 4.78 is 0. The number of aliphatic carboxylic acids is 1. The molecule has 1 atom stereocenters. The number of hydrogen-bond donors (Lipinski definition) is 12. The largest absolute Gasteiger partial charge is 0.508 e. The number of rotatable bonds is 9. The number of carbonyl (C=O) groups is 4. The summed E-state index contributed by atoms with van der Waals surface area (Å²) in [7, 11) is 0. The zero-order valence-electron chi connectivity index (χ0n) is 22.9. The molecule has 0 fully saturated rings. The van der Waals surface area contributed by atoms with Gasteiger partial charge in [-0.3, -0.25) is 14.4 Å². The van der Waals surface area contributed by atoms with Gasteiger partial charge in [0, 0.05) is 16.7 Å². The lowest BCUT2D eigenvalue weighted by Crippen LogP contribution is -2.74. The van der Waals surface area contributed by atoms with Crippen LogP contribution in [0.25, 0.3) is 0 Å². The van der Waals surface area contributed by atoms with Crippen molar-refractivity contribution in [3.05, 3.63) is 82.9 Å². The monoisotopic (exact) mass is 637 g/mol. The number of phenolic OH excluding ortho intramolecular Hbond substituents is 10. The van der Waals surface area contributed by atoms with E-state index in [1.54, 1.807) is 0 Å². The van der Waals surface area contributed by atoms with E-state index in [2.05, 4.69) is 0 Å². The van der Waals surface area contributed by atoms with Crippen LogP contribution >= 0.6 is 0 Å². The second kappa shape index (κ2) is 11.1. The number of hydrogen-bond acceptors (Lipinski definition) is 15. The van der Waals surface area contributed by atoms with Crippen LogP contribution in [-0.4, -0.2) is 85.0 Å². The van der Waals surface area contributed by atoms with Crippen molar-refractivity contribution in [2.75, 3.05) is 0 Å². The highest BCUT2D eigenvalue weighted by atomic mass is 16.4. The molecule has 0 spiro atoms. The summed E-state index contributed by atoms with van der Waals surface area (Å²) in [5.74, 6) is -18.7. The zero-order valence-corrected chi connectivity index (χ0v) is 22.9. The molecule has 0 aromatic heterocycles. The van der Waals surface area contributed by atoms with E-state index in [0.717, 1.165) is 24.3 Å². The van der Waals surface area contributed by atoms with Crippen molar-refractivity contribution in [1.29, 1.82) is 0 Å². The number of benzene rings is 4. The maximum absolute atomic E-state index is 14.7. The summed E-state index contributed by atoms with van der Waals surface area (Å²) in [5, 5.41) is 111. The smallest absolute Gasteiger partial charge is 0.333 e. The summed E-state index contributed by atoms with van der Waals surface area (Å²) in [5.41, 5.74) is -4.79. The summed E-state index contributed by atoms with van der Waals surface area (Å²) in [6.07, 6.45) is 0. The highest BCUT2D eigenvalue weighted by Crippen LogP contribution is 2.48. The number of phenols is 10. The van der Waals surface area contributed by atoms with Crippen molar-refractivity contribution in [3.63, 3.8) is 0 Å². The van der Waals surface area contributed by atoms with E-state index in [9.17, 15) is 75.3 Å². The van der Waals surface area contributed by atoms with Crippen molar-refractivity contribution < 1.29 is 75.3 Å². The first kappa shape index (κ1) is 32.2. The number of carboxylic acids is 1. The molecule has 0 aliphatic rings. The van der Waals surface area contributed by atoms with Crippen LogP contribution in [0.1, 0.15) is 36.6 Å². The van der Waals surface area contributed by atoms with E-state index in [0.29, 0.717) is 36.4 Å². The summed E-state index contributed by atoms with van der Waals surface area (Å²) >= 11 is 0. The number of aromatic hydroxyl groups is 10. The van der Waals surface area contributed by atoms with Crippen molar-refractivity contribution in [1.82, 2.24) is 0 Å². The molecule has 4 rings (SSSR count). The van der Waals surface area contributed by atoms with E-state index >= 15 is 0 Å². The van der Waals surface area contributed by atoms with Gasteiger partial charge in [0.05, 0.1) is 0 Å². The van der Waals surface area contributed by atoms with Gasteiger partial charge in [-0.05, 0) is 54.1 Å². The Balaban J connectivity index is 2.26. The summed E-state index contributed by atoms with van der Waals surface area (Å²) in [6, 6.07) is 6.15. The molecule has 13 N–H and O–H groups in total. The van der Waals surface area contributed by atoms with Crippen LogP contribution in [0.2, 0.25) is 0 Å². The lowest BCUT2D eigenvalue weighted by atomic mass is 9.56. The minimum atomic E-state index is -3.89. The standard InChI is InChI=1S/C30H23NO15/c31-30(28(45)46,27(44)13-9-20(37)24(41)21(38)10-13)29(14-1-3-15(32)4-2-14,25(42)11-5-16(33)22(39)17(34)6-11)26(43)12-7-18(35)23(40)19(36)8-12/h1-10,32-41H,31H2,(H,45,46)/t30-/m1/s1. The fraction of sp³-hybridized carbons (Fsp3) is 0.0667. The fourth-order valence-electron chi connectivity index (χ4n) is 4.96. The van der Waals surface area contributed by atoms with E-state index in [-0.39, 0.29) is 0 Å². The van der Waals surface area contributed by atoms with Crippen molar-refractivity contribution in [3.8, 4) is 57.5 Å². The van der Waals surface area contributed by atoms with Gasteiger partial charge < -0.3 is 61.9 Å². The second-order valence-electron chi connectivity index (χ2n) is 9.99. The van der Waals surface area contributed by atoms with Gasteiger partial charge in [0.25, 0.3) is 0 Å². The molecule has 0 unspecified atom stereocenters. The molecule has 16 nitrogen and oxygen atoms in total. The molecule has 46 heavy (non-hydrogen) atoms. The first-order valence-corrected chi connectivity index (χ1v) is 12.6. The van der Waals surface area contributed by atoms with Crippen LogP contribution in [0, 0.1) is 0 Å². The average Bonchev–Trinajstić information content (AvgIpc) is 3.00. The highest BCUT2D eigenvalue weighted by molar-refractivity contribution is 6.34. The minimum Gasteiger partial charge on any atom is -0.508 e. The van der Waals surface area contributed by atoms with Gasteiger partial charge in [-0.2, -0.15) is 0 Å². The first-order valence-electron chi connectivity index (χ1n) is 12.6. The Kier molecular flexibility index (Phi) is 7.78. The van der Waals surface area contributed by atoms with Gasteiger partial charge in [0.1, 0.15) is 5.75 Å². The Morgan fingerprint density at radius 3 is 1.04 bits per heavy atom. The molecule has 0 saturated heterocycles. The third kappa shape index (κ3) is 4.70. The number of nitrogens with two attached hydrogens (primary N) is 1. The predicted molar refractivity (Wildman–Crippen MR) is 152 cm³/mol. The summed E-state index contributed by atoms with van der Waals surface area (Å²) in [6.45, 7) is 0. The molecule has 238 valence electrons. The van der Waals surface area contributed by atoms with Gasteiger partial charge in [0.2, 0.25) is 5.54 Å². The van der Waals surface area contributed by atoms with Crippen LogP contribution < -0.4 is 5.73 Å². The van der Waals surface area contributed by atoms with E-state index < -0.39 is 114 Å². The van der Waals surface area contributed by atoms with E-state index in [4.69, 9.17) is 5.73 Å². The third-order valence-corrected chi connectivity index (χ3v) is 7.26. The molecule has 0 aliphatic carbocycles. The molecule has 0 saturated carbocycles. The molecule has 4 aromatic rings. The fourth-order valence-corrected chi connectivity index (χ4v) is 4.96. The van der Waals surface area contributed by atoms with Crippen molar-refractivity contribution >= 4 is 23.3 Å². The molecular formula is C30H23NO15. The molecule has 0 bridgehead atoms. The van der Waals surface area contributed by atoms with Gasteiger partial charge in [-0.15, -0.1) is 0 Å². The molecule has 16 heteroatoms. The van der Waals surface area contributed by atoms with Gasteiger partial charge in [-0.1, -0.05) is 12.1 Å². The number of carboxylic acid groups (broad SMARTS) is 1. The maximum atomic E-state index is 14.7. The first-order chi connectivity index (χ1) is 21.4. The Bertz CT molecular complexity index is 1810. The van der Waals surface area contributed by atoms with Gasteiger partial charge in [0.15, 0.2) is 74.5 Å². The molecule has 0 amide bonds. The van der Waals surface area contributed by atoms with Crippen molar-refractivity contribution in [2.24, 2.45) is 5.73 Å². The van der Waals surface area contributed by atoms with Crippen LogP contribution in [0.4, 0.5) is 0 Å². The molecule has 0 aliphatic heterocycles. The topological polar surface area (TPSA) is 317 Å². The average molecular weight is 638 g/mol. The normalized spacial score (nSPS) is 12.6. The van der Waals surface area contributed by atoms with Crippen LogP contribution in [0.15, 0.2) is 60.7 Å². The molecular weight excluding hydrogens is 614 g/mol. The van der Waals surface area contributed by atoms with Crippen LogP contribution in [-0.2, 0) is 10.2 Å². The molecule has 4 aromatic carbocycles. The van der Waals surface area contributed by atoms with Gasteiger partial charge >= 0.3 is 5.97 Å². The Morgan fingerprint density at radius 1 is 0.478 bits per heavy atom. The Hall–Kier alpha value is -6.68. The lowest BCUT2D eigenvalue weighted by molar-refractivity contribution is -0.142. The maximum Gasteiger partial charge on any atom is 0.333 e. The van der Waals surface area contributed by atoms with Crippen molar-refractivity contribution in [2.45, 2.75) is 11.0 Å². The molecule has 0 heterocycles. The number of Topliss-reactive ketones (excluding diaryl/α,β-unsaturated/α-hetero) is 3. The second-order valence-corrected chi connectivity index (χ2v) is 9.99. The van der Waals surface area contributed by atoms with E-state index in [1.807, 2.05) is 0 Å². The van der Waals surface area contributed by atoms with Crippen LogP contribution in [0.5, 0.6) is 57.5 Å². The minimum absolute atomic E-state index is 0.453. The summed E-state index contributed by atoms with van der Waals surface area (Å²) in [4.78, 5) is 56.9. The van der Waals surface area contributed by atoms with Gasteiger partial charge in [-0.25, -0.2) is 4.79 Å². The number of ketones is 3. The zero-order chi connectivity index (χ0) is 34.5. The molecule has 0 radical (unpaired) electrons. The lowest BCUT2D eigenvalue weighted by Gasteiger charge is -2.42. The van der Waals surface area contributed by atoms with Crippen LogP contribution in [0.3, 0.4) is 0 Å². The SMILES string of the molecule is N[C@@](C(=O)O)(C(=O)c1cc(O)c(O)c(O)c1)C(C(=O)c1cc(O)c(O)c(O)c1)(C(=O)c1cc(O)c(O)c(O)c1)c1ccc(O)cc1. The Morgan fingerprint density at radius 2 is 0.761 bits per heavy atom. The predicted octanol–water partition coefficient (Wildman–Crippen LogP) is 1.41. The Labute approximate surface area is 256 Å². The van der Waals surface area contributed by atoms with E-state index in [1.165, 1.54) is 0 Å². The number of carbonyl (C=O) groups excluding carboxylic acids is 3.